The molecule has 0 saturated heterocycles. The first-order chi connectivity index (χ1) is 13.7. The second-order valence-electron chi connectivity index (χ2n) is 8.06. The molecule has 0 aliphatic rings. The molecule has 1 heterocycles. The van der Waals surface area contributed by atoms with Gasteiger partial charge in [-0.25, -0.2) is 4.98 Å². The standard InChI is InChI=1S/C23H27N5O/c1-15-13-21(26-20-8-6-7-19(14-20)25-16(2)29)28-22(24-15)27-18-11-9-17(10-12-18)23(3,4)5/h6-14H,1-5H3,(H,25,29)(H2,24,26,27,28). The van der Waals surface area contributed by atoms with Gasteiger partial charge >= 0.3 is 0 Å². The van der Waals surface area contributed by atoms with Crippen LogP contribution in [-0.4, -0.2) is 15.9 Å². The van der Waals surface area contributed by atoms with E-state index in [-0.39, 0.29) is 11.3 Å². The monoisotopic (exact) mass is 389 g/mol. The van der Waals surface area contributed by atoms with Crippen molar-refractivity contribution in [2.45, 2.75) is 40.0 Å². The van der Waals surface area contributed by atoms with Gasteiger partial charge in [-0.3, -0.25) is 4.79 Å². The maximum Gasteiger partial charge on any atom is 0.229 e. The first-order valence-corrected chi connectivity index (χ1v) is 9.57. The Morgan fingerprint density at radius 3 is 2.21 bits per heavy atom. The van der Waals surface area contributed by atoms with Crippen LogP contribution < -0.4 is 16.0 Å². The molecule has 0 saturated carbocycles. The molecule has 0 fully saturated rings. The molecule has 0 bridgehead atoms. The molecule has 0 atom stereocenters. The van der Waals surface area contributed by atoms with Crippen LogP contribution >= 0.6 is 0 Å². The van der Waals surface area contributed by atoms with Gasteiger partial charge in [0.15, 0.2) is 0 Å². The highest BCUT2D eigenvalue weighted by atomic mass is 16.1. The minimum atomic E-state index is -0.107. The fraction of sp³-hybridized carbons (Fsp3) is 0.261. The van der Waals surface area contributed by atoms with Crippen molar-refractivity contribution in [3.8, 4) is 0 Å². The van der Waals surface area contributed by atoms with Gasteiger partial charge in [-0.05, 0) is 48.2 Å². The molecule has 3 N–H and O–H groups in total. The normalized spacial score (nSPS) is 11.1. The predicted octanol–water partition coefficient (Wildman–Crippen LogP) is 5.53. The Morgan fingerprint density at radius 1 is 0.862 bits per heavy atom. The summed E-state index contributed by atoms with van der Waals surface area (Å²) in [6.45, 7) is 9.99. The summed E-state index contributed by atoms with van der Waals surface area (Å²) in [6, 6.07) is 17.7. The van der Waals surface area contributed by atoms with Crippen molar-refractivity contribution in [1.82, 2.24) is 9.97 Å². The summed E-state index contributed by atoms with van der Waals surface area (Å²) in [5.41, 5.74) is 4.72. The van der Waals surface area contributed by atoms with Gasteiger partial charge in [-0.1, -0.05) is 39.0 Å². The lowest BCUT2D eigenvalue weighted by molar-refractivity contribution is -0.114. The minimum absolute atomic E-state index is 0.107. The van der Waals surface area contributed by atoms with Gasteiger partial charge in [-0.15, -0.1) is 0 Å². The van der Waals surface area contributed by atoms with Crippen molar-refractivity contribution in [1.29, 1.82) is 0 Å². The fourth-order valence-corrected chi connectivity index (χ4v) is 2.90. The van der Waals surface area contributed by atoms with Crippen LogP contribution in [0.4, 0.5) is 28.8 Å². The summed E-state index contributed by atoms with van der Waals surface area (Å²) in [7, 11) is 0. The van der Waals surface area contributed by atoms with Crippen molar-refractivity contribution < 1.29 is 4.79 Å². The average molecular weight is 390 g/mol. The quantitative estimate of drug-likeness (QED) is 0.535. The first-order valence-electron chi connectivity index (χ1n) is 9.57. The molecule has 2 aromatic carbocycles. The lowest BCUT2D eigenvalue weighted by atomic mass is 9.87. The number of carbonyl (C=O) groups is 1. The number of rotatable bonds is 5. The number of nitrogens with zero attached hydrogens (tertiary/aromatic N) is 2. The van der Waals surface area contributed by atoms with Crippen LogP contribution in [0.3, 0.4) is 0 Å². The number of benzene rings is 2. The summed E-state index contributed by atoms with van der Waals surface area (Å²) in [5, 5.41) is 9.32. The van der Waals surface area contributed by atoms with Crippen LogP contribution in [0.1, 0.15) is 39.0 Å². The Hall–Kier alpha value is -3.41. The maximum absolute atomic E-state index is 11.3. The SMILES string of the molecule is CC(=O)Nc1cccc(Nc2cc(C)nc(Nc3ccc(C(C)(C)C)cc3)n2)c1. The van der Waals surface area contributed by atoms with Gasteiger partial charge in [0.1, 0.15) is 5.82 Å². The minimum Gasteiger partial charge on any atom is -0.340 e. The van der Waals surface area contributed by atoms with Crippen LogP contribution in [0.15, 0.2) is 54.6 Å². The maximum atomic E-state index is 11.3. The van der Waals surface area contributed by atoms with E-state index in [1.807, 2.05) is 49.4 Å². The Morgan fingerprint density at radius 2 is 1.55 bits per heavy atom. The third-order valence-corrected chi connectivity index (χ3v) is 4.32. The Bertz CT molecular complexity index is 1010. The third kappa shape index (κ3) is 5.78. The van der Waals surface area contributed by atoms with Gasteiger partial charge in [0.05, 0.1) is 0 Å². The Balaban J connectivity index is 1.77. The zero-order valence-corrected chi connectivity index (χ0v) is 17.5. The lowest BCUT2D eigenvalue weighted by Gasteiger charge is -2.19. The first kappa shape index (κ1) is 20.3. The second kappa shape index (κ2) is 8.31. The molecule has 0 spiro atoms. The topological polar surface area (TPSA) is 78.9 Å². The van der Waals surface area contributed by atoms with E-state index in [4.69, 9.17) is 0 Å². The van der Waals surface area contributed by atoms with E-state index in [0.29, 0.717) is 11.8 Å². The van der Waals surface area contributed by atoms with Gasteiger partial charge in [0.25, 0.3) is 0 Å². The molecule has 3 rings (SSSR count). The summed E-state index contributed by atoms with van der Waals surface area (Å²) in [6.07, 6.45) is 0. The van der Waals surface area contributed by atoms with E-state index in [2.05, 4.69) is 58.8 Å². The van der Waals surface area contributed by atoms with E-state index in [1.165, 1.54) is 12.5 Å². The van der Waals surface area contributed by atoms with Gasteiger partial charge in [0.2, 0.25) is 11.9 Å². The highest BCUT2D eigenvalue weighted by Gasteiger charge is 2.13. The number of anilines is 5. The zero-order valence-electron chi connectivity index (χ0n) is 17.5. The smallest absolute Gasteiger partial charge is 0.229 e. The molecular weight excluding hydrogens is 362 g/mol. The number of carbonyl (C=O) groups excluding carboxylic acids is 1. The molecule has 6 nitrogen and oxygen atoms in total. The number of nitrogens with one attached hydrogen (secondary N) is 3. The van der Waals surface area contributed by atoms with E-state index >= 15 is 0 Å². The van der Waals surface area contributed by atoms with Crippen LogP contribution in [0, 0.1) is 6.92 Å². The van der Waals surface area contributed by atoms with Gasteiger partial charge in [0, 0.05) is 35.7 Å². The molecule has 0 unspecified atom stereocenters. The van der Waals surface area contributed by atoms with E-state index in [1.54, 1.807) is 0 Å². The average Bonchev–Trinajstić information content (AvgIpc) is 2.60. The molecule has 3 aromatic rings. The molecule has 150 valence electrons. The van der Waals surface area contributed by atoms with Crippen molar-refractivity contribution in [3.63, 3.8) is 0 Å². The van der Waals surface area contributed by atoms with E-state index in [0.717, 1.165) is 22.8 Å². The molecule has 0 radical (unpaired) electrons. The van der Waals surface area contributed by atoms with Crippen LogP contribution in [0.5, 0.6) is 0 Å². The fourth-order valence-electron chi connectivity index (χ4n) is 2.90. The number of amides is 1. The van der Waals surface area contributed by atoms with Crippen molar-refractivity contribution in [2.24, 2.45) is 0 Å². The summed E-state index contributed by atoms with van der Waals surface area (Å²) in [5.74, 6) is 1.09. The van der Waals surface area contributed by atoms with Crippen molar-refractivity contribution >= 4 is 34.7 Å². The van der Waals surface area contributed by atoms with Crippen molar-refractivity contribution in [2.75, 3.05) is 16.0 Å². The molecule has 1 aromatic heterocycles. The molecular formula is C23H27N5O. The number of aromatic nitrogens is 2. The molecule has 6 heteroatoms. The zero-order chi connectivity index (χ0) is 21.0. The van der Waals surface area contributed by atoms with Crippen molar-refractivity contribution in [3.05, 3.63) is 65.9 Å². The summed E-state index contributed by atoms with van der Waals surface area (Å²) >= 11 is 0. The number of hydrogen-bond acceptors (Lipinski definition) is 5. The highest BCUT2D eigenvalue weighted by molar-refractivity contribution is 5.89. The molecule has 0 aliphatic carbocycles. The molecule has 0 aliphatic heterocycles. The van der Waals surface area contributed by atoms with E-state index in [9.17, 15) is 4.79 Å². The van der Waals surface area contributed by atoms with Gasteiger partial charge < -0.3 is 16.0 Å². The Labute approximate surface area is 171 Å². The summed E-state index contributed by atoms with van der Waals surface area (Å²) < 4.78 is 0. The molecule has 29 heavy (non-hydrogen) atoms. The lowest BCUT2D eigenvalue weighted by Crippen LogP contribution is -2.10. The second-order valence-corrected chi connectivity index (χ2v) is 8.06. The Kier molecular flexibility index (Phi) is 5.82. The summed E-state index contributed by atoms with van der Waals surface area (Å²) in [4.78, 5) is 20.3. The van der Waals surface area contributed by atoms with E-state index < -0.39 is 0 Å². The van der Waals surface area contributed by atoms with Gasteiger partial charge in [-0.2, -0.15) is 4.98 Å². The highest BCUT2D eigenvalue weighted by Crippen LogP contribution is 2.25. The van der Waals surface area contributed by atoms with Crippen LogP contribution in [0.25, 0.3) is 0 Å². The number of hydrogen-bond donors (Lipinski definition) is 3. The molecule has 1 amide bonds. The van der Waals surface area contributed by atoms with Crippen LogP contribution in [-0.2, 0) is 10.2 Å². The number of aryl methyl sites for hydroxylation is 1. The largest absolute Gasteiger partial charge is 0.340 e. The third-order valence-electron chi connectivity index (χ3n) is 4.32. The van der Waals surface area contributed by atoms with Crippen LogP contribution in [0.2, 0.25) is 0 Å². The predicted molar refractivity (Wildman–Crippen MR) is 119 cm³/mol.